The van der Waals surface area contributed by atoms with Gasteiger partial charge in [0.1, 0.15) is 17.7 Å². The Bertz CT molecular complexity index is 998. The van der Waals surface area contributed by atoms with E-state index in [1.165, 1.54) is 0 Å². The van der Waals surface area contributed by atoms with Crippen LogP contribution in [-0.2, 0) is 10.8 Å². The Kier molecular flexibility index (Phi) is 5.29. The van der Waals surface area contributed by atoms with E-state index in [4.69, 9.17) is 4.98 Å². The SMILES string of the molecule is CC(C)n1c([C@@H](O)c2cc(C(C)(C)C)c(O)c(C(C)(C)C)c2)nc2ccccc21. The van der Waals surface area contributed by atoms with Gasteiger partial charge in [0.25, 0.3) is 0 Å². The Hall–Kier alpha value is -2.33. The molecule has 0 saturated heterocycles. The van der Waals surface area contributed by atoms with Gasteiger partial charge in [0.15, 0.2) is 0 Å². The van der Waals surface area contributed by atoms with Crippen LogP contribution in [0.1, 0.15) is 90.1 Å². The fourth-order valence-electron chi connectivity index (χ4n) is 3.91. The van der Waals surface area contributed by atoms with Gasteiger partial charge >= 0.3 is 0 Å². The summed E-state index contributed by atoms with van der Waals surface area (Å²) in [5, 5.41) is 22.4. The van der Waals surface area contributed by atoms with Crippen molar-refractivity contribution >= 4 is 11.0 Å². The summed E-state index contributed by atoms with van der Waals surface area (Å²) in [6, 6.07) is 12.0. The number of aromatic nitrogens is 2. The van der Waals surface area contributed by atoms with Gasteiger partial charge in [-0.05, 0) is 65.6 Å². The molecule has 0 saturated carbocycles. The normalized spacial score (nSPS) is 14.0. The topological polar surface area (TPSA) is 58.3 Å². The third-order valence-corrected chi connectivity index (χ3v) is 5.45. The van der Waals surface area contributed by atoms with Crippen LogP contribution in [0, 0.1) is 0 Å². The van der Waals surface area contributed by atoms with Gasteiger partial charge < -0.3 is 14.8 Å². The van der Waals surface area contributed by atoms with Crippen LogP contribution in [0.4, 0.5) is 0 Å². The molecule has 4 heteroatoms. The van der Waals surface area contributed by atoms with E-state index in [0.29, 0.717) is 11.6 Å². The molecule has 0 bridgehead atoms. The maximum Gasteiger partial charge on any atom is 0.143 e. The van der Waals surface area contributed by atoms with E-state index < -0.39 is 6.10 Å². The lowest BCUT2D eigenvalue weighted by Gasteiger charge is -2.29. The lowest BCUT2D eigenvalue weighted by atomic mass is 9.78. The number of hydrogen-bond acceptors (Lipinski definition) is 3. The highest BCUT2D eigenvalue weighted by atomic mass is 16.3. The van der Waals surface area contributed by atoms with Crippen molar-refractivity contribution in [1.82, 2.24) is 9.55 Å². The van der Waals surface area contributed by atoms with Crippen LogP contribution in [0.5, 0.6) is 5.75 Å². The lowest BCUT2D eigenvalue weighted by molar-refractivity contribution is 0.202. The van der Waals surface area contributed by atoms with Crippen molar-refractivity contribution in [1.29, 1.82) is 0 Å². The maximum absolute atomic E-state index is 11.4. The standard InChI is InChI=1S/C25H34N2O2/c1-15(2)27-20-12-10-9-11-19(20)26-23(27)21(28)16-13-17(24(3,4)5)22(29)18(14-16)25(6,7)8/h9-15,21,28-29H,1-8H3/t21-/m0/s1. The first kappa shape index (κ1) is 21.4. The highest BCUT2D eigenvalue weighted by molar-refractivity contribution is 5.76. The molecule has 29 heavy (non-hydrogen) atoms. The number of phenolic OH excluding ortho intramolecular Hbond substituents is 1. The van der Waals surface area contributed by atoms with Gasteiger partial charge in [0, 0.05) is 6.04 Å². The van der Waals surface area contributed by atoms with E-state index in [0.717, 1.165) is 27.7 Å². The predicted octanol–water partition coefficient (Wildman–Crippen LogP) is 6.00. The Morgan fingerprint density at radius 1 is 0.897 bits per heavy atom. The highest BCUT2D eigenvalue weighted by Crippen LogP contribution is 2.42. The number of imidazole rings is 1. The van der Waals surface area contributed by atoms with Crippen molar-refractivity contribution in [3.05, 3.63) is 58.9 Å². The Labute approximate surface area is 174 Å². The predicted molar refractivity (Wildman–Crippen MR) is 120 cm³/mol. The van der Waals surface area contributed by atoms with Crippen LogP contribution in [0.25, 0.3) is 11.0 Å². The lowest BCUT2D eigenvalue weighted by Crippen LogP contribution is -2.19. The largest absolute Gasteiger partial charge is 0.507 e. The second-order valence-electron chi connectivity index (χ2n) is 10.3. The second kappa shape index (κ2) is 7.17. The molecule has 1 aromatic heterocycles. The molecule has 0 unspecified atom stereocenters. The third kappa shape index (κ3) is 3.91. The summed E-state index contributed by atoms with van der Waals surface area (Å²) in [7, 11) is 0. The molecule has 0 aliphatic carbocycles. The second-order valence-corrected chi connectivity index (χ2v) is 10.3. The summed E-state index contributed by atoms with van der Waals surface area (Å²) in [6.45, 7) is 16.7. The number of hydrogen-bond donors (Lipinski definition) is 2. The van der Waals surface area contributed by atoms with Crippen LogP contribution in [0.2, 0.25) is 0 Å². The van der Waals surface area contributed by atoms with Crippen molar-refractivity contribution < 1.29 is 10.2 Å². The molecule has 4 nitrogen and oxygen atoms in total. The molecule has 0 radical (unpaired) electrons. The van der Waals surface area contributed by atoms with Gasteiger partial charge in [-0.2, -0.15) is 0 Å². The van der Waals surface area contributed by atoms with Crippen LogP contribution >= 0.6 is 0 Å². The van der Waals surface area contributed by atoms with E-state index in [-0.39, 0.29) is 16.9 Å². The molecular formula is C25H34N2O2. The number of rotatable bonds is 3. The highest BCUT2D eigenvalue weighted by Gasteiger charge is 2.29. The molecule has 3 rings (SSSR count). The number of nitrogens with zero attached hydrogens (tertiary/aromatic N) is 2. The van der Waals surface area contributed by atoms with Crippen LogP contribution in [0.15, 0.2) is 36.4 Å². The molecule has 0 amide bonds. The average molecular weight is 395 g/mol. The van der Waals surface area contributed by atoms with Gasteiger partial charge in [-0.1, -0.05) is 53.7 Å². The van der Waals surface area contributed by atoms with Gasteiger partial charge in [0.05, 0.1) is 11.0 Å². The zero-order valence-corrected chi connectivity index (χ0v) is 18.9. The summed E-state index contributed by atoms with van der Waals surface area (Å²) < 4.78 is 2.10. The van der Waals surface area contributed by atoms with Crippen molar-refractivity contribution in [2.24, 2.45) is 0 Å². The van der Waals surface area contributed by atoms with E-state index in [1.54, 1.807) is 0 Å². The maximum atomic E-state index is 11.4. The van der Waals surface area contributed by atoms with Crippen LogP contribution < -0.4 is 0 Å². The molecule has 0 fully saturated rings. The first-order chi connectivity index (χ1) is 13.3. The van der Waals surface area contributed by atoms with Gasteiger partial charge in [-0.15, -0.1) is 0 Å². The Balaban J connectivity index is 2.26. The molecular weight excluding hydrogens is 360 g/mol. The minimum atomic E-state index is -0.882. The smallest absolute Gasteiger partial charge is 0.143 e. The summed E-state index contributed by atoms with van der Waals surface area (Å²) >= 11 is 0. The zero-order valence-electron chi connectivity index (χ0n) is 18.9. The molecule has 156 valence electrons. The van der Waals surface area contributed by atoms with Crippen LogP contribution in [-0.4, -0.2) is 19.8 Å². The number of benzene rings is 2. The van der Waals surface area contributed by atoms with Gasteiger partial charge in [-0.3, -0.25) is 0 Å². The fourth-order valence-corrected chi connectivity index (χ4v) is 3.91. The third-order valence-electron chi connectivity index (χ3n) is 5.45. The number of aliphatic hydroxyl groups excluding tert-OH is 1. The molecule has 0 spiro atoms. The van der Waals surface area contributed by atoms with E-state index in [1.807, 2.05) is 36.4 Å². The number of fused-ring (bicyclic) bond motifs is 1. The molecule has 1 heterocycles. The quantitative estimate of drug-likeness (QED) is 0.573. The van der Waals surface area contributed by atoms with Gasteiger partial charge in [0.2, 0.25) is 0 Å². The van der Waals surface area contributed by atoms with Crippen LogP contribution in [0.3, 0.4) is 0 Å². The number of phenols is 1. The molecule has 2 aromatic carbocycles. The summed E-state index contributed by atoms with van der Waals surface area (Å²) in [5.74, 6) is 0.949. The molecule has 0 aliphatic heterocycles. The van der Waals surface area contributed by atoms with Crippen molar-refractivity contribution in [2.45, 2.75) is 78.4 Å². The molecule has 1 atom stereocenters. The van der Waals surface area contributed by atoms with Crippen molar-refractivity contribution in [3.8, 4) is 5.75 Å². The van der Waals surface area contributed by atoms with Gasteiger partial charge in [-0.25, -0.2) is 4.98 Å². The minimum Gasteiger partial charge on any atom is -0.507 e. The summed E-state index contributed by atoms with van der Waals surface area (Å²) in [5.41, 5.74) is 3.83. The Morgan fingerprint density at radius 3 is 1.90 bits per heavy atom. The molecule has 2 N–H and O–H groups in total. The summed E-state index contributed by atoms with van der Waals surface area (Å²) in [4.78, 5) is 4.77. The first-order valence-corrected chi connectivity index (χ1v) is 10.3. The Morgan fingerprint density at radius 2 is 1.41 bits per heavy atom. The van der Waals surface area contributed by atoms with Crippen molar-refractivity contribution in [3.63, 3.8) is 0 Å². The molecule has 3 aromatic rings. The number of aliphatic hydroxyl groups is 1. The van der Waals surface area contributed by atoms with E-state index in [9.17, 15) is 10.2 Å². The average Bonchev–Trinajstić information content (AvgIpc) is 2.99. The zero-order chi connectivity index (χ0) is 21.7. The minimum absolute atomic E-state index is 0.160. The summed E-state index contributed by atoms with van der Waals surface area (Å²) in [6.07, 6.45) is -0.882. The molecule has 0 aliphatic rings. The number of aromatic hydroxyl groups is 1. The monoisotopic (exact) mass is 394 g/mol. The number of para-hydroxylation sites is 2. The van der Waals surface area contributed by atoms with Crippen molar-refractivity contribution in [2.75, 3.05) is 0 Å². The fraction of sp³-hybridized carbons (Fsp3) is 0.480. The first-order valence-electron chi connectivity index (χ1n) is 10.3. The van der Waals surface area contributed by atoms with E-state index >= 15 is 0 Å². The van der Waals surface area contributed by atoms with E-state index in [2.05, 4.69) is 60.0 Å².